The molecule has 0 atom stereocenters. The van der Waals surface area contributed by atoms with Gasteiger partial charge in [0.2, 0.25) is 0 Å². The molecule has 1 amide bonds. The lowest BCUT2D eigenvalue weighted by atomic mass is 10.2. The van der Waals surface area contributed by atoms with Crippen molar-refractivity contribution in [3.05, 3.63) is 83.6 Å². The number of furan rings is 1. The smallest absolute Gasteiger partial charge is 0.287 e. The van der Waals surface area contributed by atoms with Gasteiger partial charge in [0.15, 0.2) is 17.3 Å². The van der Waals surface area contributed by atoms with E-state index in [2.05, 4.69) is 5.32 Å². The fourth-order valence-corrected chi connectivity index (χ4v) is 2.39. The van der Waals surface area contributed by atoms with Crippen LogP contribution in [0, 0.1) is 5.82 Å². The Hall–Kier alpha value is -3.28. The van der Waals surface area contributed by atoms with Crippen molar-refractivity contribution >= 4 is 5.91 Å². The van der Waals surface area contributed by atoms with Crippen LogP contribution in [-0.4, -0.2) is 13.0 Å². The molecule has 26 heavy (non-hydrogen) atoms. The molecule has 0 unspecified atom stereocenters. The van der Waals surface area contributed by atoms with Crippen molar-refractivity contribution in [2.24, 2.45) is 0 Å². The summed E-state index contributed by atoms with van der Waals surface area (Å²) in [4.78, 5) is 11.9. The van der Waals surface area contributed by atoms with Gasteiger partial charge < -0.3 is 19.2 Å². The minimum Gasteiger partial charge on any atom is -0.493 e. The molecule has 3 aromatic rings. The first-order valence-corrected chi connectivity index (χ1v) is 8.02. The quantitative estimate of drug-likeness (QED) is 0.697. The Labute approximate surface area is 150 Å². The highest BCUT2D eigenvalue weighted by Crippen LogP contribution is 2.29. The lowest BCUT2D eigenvalue weighted by Gasteiger charge is -2.13. The van der Waals surface area contributed by atoms with Crippen LogP contribution in [0.1, 0.15) is 21.7 Å². The van der Waals surface area contributed by atoms with E-state index in [1.165, 1.54) is 19.4 Å². The average molecular weight is 355 g/mol. The van der Waals surface area contributed by atoms with Crippen LogP contribution in [0.2, 0.25) is 0 Å². The van der Waals surface area contributed by atoms with Crippen LogP contribution in [0.4, 0.5) is 4.39 Å². The SMILES string of the molecule is COc1cc(CNC(=O)c2ccco2)ccc1OCc1ccccc1F. The first-order chi connectivity index (χ1) is 12.7. The van der Waals surface area contributed by atoms with Crippen LogP contribution in [0.5, 0.6) is 11.5 Å². The summed E-state index contributed by atoms with van der Waals surface area (Å²) in [6.45, 7) is 0.404. The predicted octanol–water partition coefficient (Wildman–Crippen LogP) is 3.94. The maximum absolute atomic E-state index is 13.7. The zero-order chi connectivity index (χ0) is 18.4. The fraction of sp³-hybridized carbons (Fsp3) is 0.150. The second-order valence-electron chi connectivity index (χ2n) is 5.53. The molecule has 0 fully saturated rings. The van der Waals surface area contributed by atoms with E-state index in [0.29, 0.717) is 23.6 Å². The van der Waals surface area contributed by atoms with Crippen molar-refractivity contribution in [3.8, 4) is 11.5 Å². The third kappa shape index (κ3) is 4.22. The van der Waals surface area contributed by atoms with E-state index in [4.69, 9.17) is 13.9 Å². The largest absolute Gasteiger partial charge is 0.493 e. The summed E-state index contributed by atoms with van der Waals surface area (Å²) < 4.78 is 29.7. The summed E-state index contributed by atoms with van der Waals surface area (Å²) in [7, 11) is 1.52. The van der Waals surface area contributed by atoms with E-state index < -0.39 is 0 Å². The van der Waals surface area contributed by atoms with Crippen LogP contribution in [-0.2, 0) is 13.2 Å². The number of halogens is 1. The second kappa shape index (κ2) is 8.20. The Balaban J connectivity index is 1.64. The number of benzene rings is 2. The number of rotatable bonds is 7. The number of nitrogens with one attached hydrogen (secondary N) is 1. The molecule has 0 saturated heterocycles. The van der Waals surface area contributed by atoms with Crippen molar-refractivity contribution in [1.82, 2.24) is 5.32 Å². The maximum Gasteiger partial charge on any atom is 0.287 e. The van der Waals surface area contributed by atoms with Gasteiger partial charge in [-0.25, -0.2) is 4.39 Å². The standard InChI is InChI=1S/C20H18FNO4/c1-24-19-11-14(12-22-20(23)18-7-4-10-25-18)8-9-17(19)26-13-15-5-2-3-6-16(15)21/h2-11H,12-13H2,1H3,(H,22,23). The van der Waals surface area contributed by atoms with Crippen molar-refractivity contribution in [3.63, 3.8) is 0 Å². The number of carbonyl (C=O) groups excluding carboxylic acids is 1. The van der Waals surface area contributed by atoms with E-state index >= 15 is 0 Å². The van der Waals surface area contributed by atoms with Crippen LogP contribution in [0.15, 0.2) is 65.3 Å². The molecule has 134 valence electrons. The molecule has 0 radical (unpaired) electrons. The van der Waals surface area contributed by atoms with Crippen LogP contribution >= 0.6 is 0 Å². The molecule has 0 aliphatic carbocycles. The minimum atomic E-state index is -0.316. The predicted molar refractivity (Wildman–Crippen MR) is 93.6 cm³/mol. The fourth-order valence-electron chi connectivity index (χ4n) is 2.39. The van der Waals surface area contributed by atoms with Crippen LogP contribution in [0.3, 0.4) is 0 Å². The van der Waals surface area contributed by atoms with Gasteiger partial charge >= 0.3 is 0 Å². The lowest BCUT2D eigenvalue weighted by molar-refractivity contribution is 0.0923. The average Bonchev–Trinajstić information content (AvgIpc) is 3.20. The summed E-state index contributed by atoms with van der Waals surface area (Å²) in [5.74, 6) is 0.641. The van der Waals surface area contributed by atoms with Gasteiger partial charge in [0.1, 0.15) is 12.4 Å². The van der Waals surface area contributed by atoms with Gasteiger partial charge in [0, 0.05) is 12.1 Å². The molecule has 1 aromatic heterocycles. The Morgan fingerprint density at radius 3 is 2.69 bits per heavy atom. The molecule has 3 rings (SSSR count). The molecule has 2 aromatic carbocycles. The van der Waals surface area contributed by atoms with Crippen LogP contribution < -0.4 is 14.8 Å². The number of carbonyl (C=O) groups is 1. The minimum absolute atomic E-state index is 0.0949. The van der Waals surface area contributed by atoms with Gasteiger partial charge in [-0.1, -0.05) is 24.3 Å². The second-order valence-corrected chi connectivity index (χ2v) is 5.53. The molecule has 0 aliphatic heterocycles. The highest BCUT2D eigenvalue weighted by atomic mass is 19.1. The van der Waals surface area contributed by atoms with Crippen molar-refractivity contribution < 1.29 is 23.1 Å². The summed E-state index contributed by atoms with van der Waals surface area (Å²) in [5, 5.41) is 2.76. The maximum atomic E-state index is 13.7. The Morgan fingerprint density at radius 1 is 1.12 bits per heavy atom. The Morgan fingerprint density at radius 2 is 1.96 bits per heavy atom. The summed E-state index contributed by atoms with van der Waals surface area (Å²) in [6, 6.07) is 15.0. The molecule has 6 heteroatoms. The number of ether oxygens (including phenoxy) is 2. The summed E-state index contributed by atoms with van der Waals surface area (Å²) >= 11 is 0. The molecular weight excluding hydrogens is 337 g/mol. The van der Waals surface area contributed by atoms with Crippen molar-refractivity contribution in [2.45, 2.75) is 13.2 Å². The Bertz CT molecular complexity index is 877. The van der Waals surface area contributed by atoms with E-state index in [1.54, 1.807) is 42.5 Å². The van der Waals surface area contributed by atoms with E-state index in [-0.39, 0.29) is 24.1 Å². The van der Waals surface area contributed by atoms with Crippen molar-refractivity contribution in [2.75, 3.05) is 7.11 Å². The topological polar surface area (TPSA) is 60.7 Å². The number of hydrogen-bond donors (Lipinski definition) is 1. The zero-order valence-electron chi connectivity index (χ0n) is 14.2. The van der Waals surface area contributed by atoms with Crippen LogP contribution in [0.25, 0.3) is 0 Å². The molecule has 0 spiro atoms. The van der Waals surface area contributed by atoms with Crippen molar-refractivity contribution in [1.29, 1.82) is 0 Å². The monoisotopic (exact) mass is 355 g/mol. The molecule has 0 saturated carbocycles. The Kier molecular flexibility index (Phi) is 5.53. The zero-order valence-corrected chi connectivity index (χ0v) is 14.2. The summed E-state index contributed by atoms with van der Waals surface area (Å²) in [6.07, 6.45) is 1.44. The highest BCUT2D eigenvalue weighted by Gasteiger charge is 2.11. The van der Waals surface area contributed by atoms with E-state index in [0.717, 1.165) is 5.56 Å². The summed E-state index contributed by atoms with van der Waals surface area (Å²) in [5.41, 5.74) is 1.30. The molecule has 1 heterocycles. The molecule has 5 nitrogen and oxygen atoms in total. The number of amides is 1. The number of methoxy groups -OCH3 is 1. The third-order valence-corrected chi connectivity index (χ3v) is 3.77. The number of hydrogen-bond acceptors (Lipinski definition) is 4. The molecular formula is C20H18FNO4. The molecule has 0 aliphatic rings. The molecule has 1 N–H and O–H groups in total. The van der Waals surface area contributed by atoms with Gasteiger partial charge in [-0.15, -0.1) is 0 Å². The highest BCUT2D eigenvalue weighted by molar-refractivity contribution is 5.91. The van der Waals surface area contributed by atoms with Gasteiger partial charge in [-0.2, -0.15) is 0 Å². The van der Waals surface area contributed by atoms with Gasteiger partial charge in [-0.3, -0.25) is 4.79 Å². The van der Waals surface area contributed by atoms with Gasteiger partial charge in [0.25, 0.3) is 5.91 Å². The lowest BCUT2D eigenvalue weighted by Crippen LogP contribution is -2.22. The van der Waals surface area contributed by atoms with E-state index in [1.807, 2.05) is 6.07 Å². The normalized spacial score (nSPS) is 10.4. The third-order valence-electron chi connectivity index (χ3n) is 3.77. The first kappa shape index (κ1) is 17.5. The van der Waals surface area contributed by atoms with Gasteiger partial charge in [0.05, 0.1) is 13.4 Å². The molecule has 0 bridgehead atoms. The first-order valence-electron chi connectivity index (χ1n) is 8.02. The van der Waals surface area contributed by atoms with Gasteiger partial charge in [-0.05, 0) is 35.9 Å². The van der Waals surface area contributed by atoms with E-state index in [9.17, 15) is 9.18 Å².